The number of thiophene rings is 1. The Morgan fingerprint density at radius 2 is 0.774 bits per heavy atom. The smallest absolute Gasteiger partial charge is 0.0906 e. The second-order valence-corrected chi connectivity index (χ2v) is 13.6. The van der Waals surface area contributed by atoms with Crippen molar-refractivity contribution in [1.29, 1.82) is 0 Å². The summed E-state index contributed by atoms with van der Waals surface area (Å²) in [5.41, 5.74) is 10.6. The monoisotopic (exact) mass is 706 g/mol. The molecule has 0 aromatic carbocycles. The molecule has 0 aliphatic carbocycles. The number of rotatable bonds is 10. The maximum absolute atomic E-state index is 4.92. The van der Waals surface area contributed by atoms with Crippen LogP contribution in [-0.4, -0.2) is 29.9 Å². The van der Waals surface area contributed by atoms with Crippen LogP contribution in [0.3, 0.4) is 0 Å². The van der Waals surface area contributed by atoms with E-state index < -0.39 is 0 Å². The van der Waals surface area contributed by atoms with Crippen molar-refractivity contribution in [1.82, 2.24) is 29.9 Å². The molecule has 0 saturated carbocycles. The molecule has 0 atom stereocenters. The minimum atomic E-state index is 0.762. The van der Waals surface area contributed by atoms with Gasteiger partial charge in [0, 0.05) is 35.9 Å². The predicted octanol–water partition coefficient (Wildman–Crippen LogP) is 10.3. The third-order valence-electron chi connectivity index (χ3n) is 8.68. The molecule has 0 unspecified atom stereocenters. The van der Waals surface area contributed by atoms with E-state index in [1.165, 1.54) is 11.1 Å². The topological polar surface area (TPSA) is 77.3 Å². The fourth-order valence-electron chi connectivity index (χ4n) is 5.98. The molecule has 0 amide bonds. The number of unbranched alkanes of at least 4 members (excludes halogenated alkanes) is 2. The Balaban J connectivity index is 1.33. The molecule has 0 radical (unpaired) electrons. The molecule has 7 heterocycles. The van der Waals surface area contributed by atoms with Crippen LogP contribution in [0.4, 0.5) is 0 Å². The van der Waals surface area contributed by atoms with Crippen molar-refractivity contribution in [3.8, 4) is 69.2 Å². The van der Waals surface area contributed by atoms with E-state index in [-0.39, 0.29) is 0 Å². The minimum Gasteiger partial charge on any atom is -0.255 e. The van der Waals surface area contributed by atoms with Crippen LogP contribution in [0.5, 0.6) is 0 Å². The van der Waals surface area contributed by atoms with Gasteiger partial charge in [-0.3, -0.25) is 19.9 Å². The number of nitrogens with zero attached hydrogens (tertiary/aromatic N) is 6. The van der Waals surface area contributed by atoms with Crippen LogP contribution in [0.1, 0.15) is 71.5 Å². The zero-order valence-electron chi connectivity index (χ0n) is 29.9. The predicted molar refractivity (Wildman–Crippen MR) is 215 cm³/mol. The van der Waals surface area contributed by atoms with Crippen LogP contribution < -0.4 is 0 Å². The lowest BCUT2D eigenvalue weighted by atomic mass is 9.98. The fourth-order valence-corrected chi connectivity index (χ4v) is 7.09. The second kappa shape index (κ2) is 17.3. The quantitative estimate of drug-likeness (QED) is 0.132. The molecule has 7 aromatic heterocycles. The summed E-state index contributed by atoms with van der Waals surface area (Å²) >= 11 is 1.70. The highest BCUT2D eigenvalue weighted by Gasteiger charge is 2.17. The van der Waals surface area contributed by atoms with Gasteiger partial charge in [0.05, 0.1) is 55.3 Å². The SMILES string of the molecule is CCCCc1c(C#Cc2cc(-c3ccccn3)nc(-c3ccccn3)c2)sc(C#Cc2cc(-c3ccccn3)nc(-c3ccccn3)c2)c1CCCC. The first-order chi connectivity index (χ1) is 26.2. The molecule has 0 saturated heterocycles. The van der Waals surface area contributed by atoms with Gasteiger partial charge in [0.15, 0.2) is 0 Å². The van der Waals surface area contributed by atoms with Crippen LogP contribution in [0.2, 0.25) is 0 Å². The number of pyridine rings is 6. The van der Waals surface area contributed by atoms with Crippen molar-refractivity contribution in [3.63, 3.8) is 0 Å². The van der Waals surface area contributed by atoms with E-state index in [1.807, 2.05) is 97.1 Å². The molecular weight excluding hydrogens is 669 g/mol. The lowest BCUT2D eigenvalue weighted by Gasteiger charge is -2.06. The molecular formula is C46H38N6S. The molecule has 258 valence electrons. The van der Waals surface area contributed by atoms with E-state index >= 15 is 0 Å². The average molecular weight is 707 g/mol. The average Bonchev–Trinajstić information content (AvgIpc) is 3.57. The van der Waals surface area contributed by atoms with Crippen molar-refractivity contribution in [2.45, 2.75) is 52.4 Å². The van der Waals surface area contributed by atoms with E-state index in [0.29, 0.717) is 0 Å². The summed E-state index contributed by atoms with van der Waals surface area (Å²) in [6, 6.07) is 31.5. The summed E-state index contributed by atoms with van der Waals surface area (Å²) in [5.74, 6) is 14.2. The Morgan fingerprint density at radius 3 is 1.06 bits per heavy atom. The minimum absolute atomic E-state index is 0.762. The van der Waals surface area contributed by atoms with Gasteiger partial charge < -0.3 is 0 Å². The molecule has 7 heteroatoms. The van der Waals surface area contributed by atoms with Gasteiger partial charge in [-0.25, -0.2) is 9.97 Å². The molecule has 0 spiro atoms. The Kier molecular flexibility index (Phi) is 11.5. The van der Waals surface area contributed by atoms with Crippen LogP contribution >= 0.6 is 11.3 Å². The van der Waals surface area contributed by atoms with Crippen LogP contribution in [0.25, 0.3) is 45.6 Å². The highest BCUT2D eigenvalue weighted by molar-refractivity contribution is 7.13. The molecule has 53 heavy (non-hydrogen) atoms. The maximum Gasteiger partial charge on any atom is 0.0906 e. The summed E-state index contributed by atoms with van der Waals surface area (Å²) in [6.45, 7) is 4.47. The molecule has 7 aromatic rings. The van der Waals surface area contributed by atoms with Crippen LogP contribution in [0.15, 0.2) is 122 Å². The largest absolute Gasteiger partial charge is 0.255 e. The number of hydrogen-bond acceptors (Lipinski definition) is 7. The van der Waals surface area contributed by atoms with Gasteiger partial charge in [-0.15, -0.1) is 11.3 Å². The van der Waals surface area contributed by atoms with Crippen molar-refractivity contribution in [3.05, 3.63) is 154 Å². The van der Waals surface area contributed by atoms with Gasteiger partial charge in [0.2, 0.25) is 0 Å². The third-order valence-corrected chi connectivity index (χ3v) is 9.78. The molecule has 0 aliphatic rings. The molecule has 0 aliphatic heterocycles. The lowest BCUT2D eigenvalue weighted by Crippen LogP contribution is -1.96. The molecule has 0 N–H and O–H groups in total. The Bertz CT molecular complexity index is 2130. The van der Waals surface area contributed by atoms with Crippen molar-refractivity contribution >= 4 is 11.3 Å². The first-order valence-electron chi connectivity index (χ1n) is 18.1. The fraction of sp³-hybridized carbons (Fsp3) is 0.174. The van der Waals surface area contributed by atoms with E-state index in [1.54, 1.807) is 36.1 Å². The molecule has 0 fully saturated rings. The Labute approximate surface area is 315 Å². The van der Waals surface area contributed by atoms with Gasteiger partial charge in [-0.2, -0.15) is 0 Å². The van der Waals surface area contributed by atoms with Gasteiger partial charge in [-0.1, -0.05) is 74.6 Å². The summed E-state index contributed by atoms with van der Waals surface area (Å²) in [7, 11) is 0. The van der Waals surface area contributed by atoms with E-state index in [2.05, 4.69) is 57.5 Å². The zero-order chi connectivity index (χ0) is 36.2. The first-order valence-corrected chi connectivity index (χ1v) is 18.9. The van der Waals surface area contributed by atoms with Crippen molar-refractivity contribution < 1.29 is 0 Å². The summed E-state index contributed by atoms with van der Waals surface area (Å²) in [5, 5.41) is 0. The lowest BCUT2D eigenvalue weighted by molar-refractivity contribution is 0.760. The Hall–Kier alpha value is -6.28. The maximum atomic E-state index is 4.92. The molecule has 0 bridgehead atoms. The highest BCUT2D eigenvalue weighted by atomic mass is 32.1. The van der Waals surface area contributed by atoms with Crippen LogP contribution in [0, 0.1) is 23.7 Å². The molecule has 7 rings (SSSR count). The van der Waals surface area contributed by atoms with E-state index in [4.69, 9.17) is 9.97 Å². The third kappa shape index (κ3) is 8.79. The summed E-state index contributed by atoms with van der Waals surface area (Å²) in [4.78, 5) is 30.3. The van der Waals surface area contributed by atoms with E-state index in [9.17, 15) is 0 Å². The van der Waals surface area contributed by atoms with Gasteiger partial charge >= 0.3 is 0 Å². The van der Waals surface area contributed by atoms with Crippen molar-refractivity contribution in [2.75, 3.05) is 0 Å². The van der Waals surface area contributed by atoms with Crippen molar-refractivity contribution in [2.24, 2.45) is 0 Å². The number of hydrogen-bond donors (Lipinski definition) is 0. The van der Waals surface area contributed by atoms with E-state index in [0.717, 1.165) is 105 Å². The number of aromatic nitrogens is 6. The zero-order valence-corrected chi connectivity index (χ0v) is 30.7. The second-order valence-electron chi connectivity index (χ2n) is 12.5. The highest BCUT2D eigenvalue weighted by Crippen LogP contribution is 2.32. The Morgan fingerprint density at radius 1 is 0.434 bits per heavy atom. The van der Waals surface area contributed by atoms with Gasteiger partial charge in [0.25, 0.3) is 0 Å². The first kappa shape index (κ1) is 35.1. The molecule has 6 nitrogen and oxygen atoms in total. The van der Waals surface area contributed by atoms with Gasteiger partial charge in [0.1, 0.15) is 0 Å². The summed E-state index contributed by atoms with van der Waals surface area (Å²) < 4.78 is 0. The normalized spacial score (nSPS) is 10.6. The standard InChI is InChI=1S/C46H38N6S/c1-3-5-15-35-36(16-6-4-2)46(24-22-34-31-43(39-19-9-13-27-49-39)52-44(32-34)40-20-10-14-28-50-40)53-45(35)23-21-33-29-41(37-17-7-11-25-47-37)51-42(30-33)38-18-8-12-26-48-38/h7-14,17-20,25-32H,3-6,15-16H2,1-2H3. The summed E-state index contributed by atoms with van der Waals surface area (Å²) in [6.07, 6.45) is 13.5. The van der Waals surface area contributed by atoms with Gasteiger partial charge in [-0.05, 0) is 110 Å². The van der Waals surface area contributed by atoms with Crippen LogP contribution in [-0.2, 0) is 12.8 Å².